The Morgan fingerprint density at radius 3 is 1.64 bits per heavy atom. The number of benzene rings is 8. The molecule has 1 aliphatic carbocycles. The van der Waals surface area contributed by atoms with Gasteiger partial charge in [0.1, 0.15) is 11.5 Å². The highest BCUT2D eigenvalue weighted by Crippen LogP contribution is 2.63. The zero-order valence-electron chi connectivity index (χ0n) is 31.3. The summed E-state index contributed by atoms with van der Waals surface area (Å²) in [5.74, 6) is 2.44. The van der Waals surface area contributed by atoms with E-state index in [4.69, 9.17) is 19.7 Å². The second-order valence-electron chi connectivity index (χ2n) is 15.1. The van der Waals surface area contributed by atoms with Crippen molar-refractivity contribution < 1.29 is 4.74 Å². The Hall–Kier alpha value is -7.69. The van der Waals surface area contributed by atoms with Crippen LogP contribution in [-0.4, -0.2) is 15.0 Å². The first-order chi connectivity index (χ1) is 28.8. The first-order valence-corrected chi connectivity index (χ1v) is 19.7. The summed E-state index contributed by atoms with van der Waals surface area (Å²) >= 11 is 0. The summed E-state index contributed by atoms with van der Waals surface area (Å²) in [6.07, 6.45) is 0. The summed E-state index contributed by atoms with van der Waals surface area (Å²) < 4.78 is 7.14. The Bertz CT molecular complexity index is 3150. The van der Waals surface area contributed by atoms with Crippen molar-refractivity contribution in [1.29, 1.82) is 0 Å². The molecule has 0 N–H and O–H groups in total. The molecule has 0 atom stereocenters. The number of rotatable bonds is 4. The SMILES string of the molecule is c1ccc(-c2cc(-c3ccc(-c4nc5ccccc5c5c6c(ccc45)C4(c5ccccc5O6)c5ccccc5-c5ccccc54)cc3)nc(-c3ccccc3)n2)cc1. The minimum Gasteiger partial charge on any atom is -0.456 e. The molecule has 0 saturated carbocycles. The van der Waals surface area contributed by atoms with Crippen molar-refractivity contribution in [2.24, 2.45) is 0 Å². The zero-order chi connectivity index (χ0) is 38.2. The minimum atomic E-state index is -0.549. The maximum absolute atomic E-state index is 7.14. The van der Waals surface area contributed by atoms with E-state index < -0.39 is 5.41 Å². The molecule has 1 aliphatic heterocycles. The van der Waals surface area contributed by atoms with Crippen LogP contribution in [0.5, 0.6) is 11.5 Å². The zero-order valence-corrected chi connectivity index (χ0v) is 31.3. The summed E-state index contributed by atoms with van der Waals surface area (Å²) in [4.78, 5) is 15.4. The van der Waals surface area contributed by atoms with Crippen LogP contribution in [0, 0.1) is 0 Å². The molecule has 2 aliphatic rings. The highest BCUT2D eigenvalue weighted by molar-refractivity contribution is 6.15. The van der Waals surface area contributed by atoms with Gasteiger partial charge < -0.3 is 4.74 Å². The minimum absolute atomic E-state index is 0.549. The van der Waals surface area contributed by atoms with Crippen molar-refractivity contribution in [3.63, 3.8) is 0 Å². The molecule has 3 heterocycles. The molecule has 4 heteroatoms. The average Bonchev–Trinajstić information content (AvgIpc) is 3.59. The normalized spacial score (nSPS) is 13.1. The van der Waals surface area contributed by atoms with Gasteiger partial charge in [-0.15, -0.1) is 0 Å². The summed E-state index contributed by atoms with van der Waals surface area (Å²) in [7, 11) is 0. The summed E-state index contributed by atoms with van der Waals surface area (Å²) in [6, 6.07) is 70.5. The summed E-state index contributed by atoms with van der Waals surface area (Å²) in [6.45, 7) is 0. The fourth-order valence-electron chi connectivity index (χ4n) is 9.43. The number of fused-ring (bicyclic) bond motifs is 13. The Morgan fingerprint density at radius 1 is 0.379 bits per heavy atom. The smallest absolute Gasteiger partial charge is 0.160 e. The third-order valence-electron chi connectivity index (χ3n) is 12.0. The van der Waals surface area contributed by atoms with Crippen molar-refractivity contribution >= 4 is 21.7 Å². The summed E-state index contributed by atoms with van der Waals surface area (Å²) in [5.41, 5.74) is 14.4. The lowest BCUT2D eigenvalue weighted by atomic mass is 9.65. The third-order valence-corrected chi connectivity index (χ3v) is 12.0. The van der Waals surface area contributed by atoms with Crippen molar-refractivity contribution in [2.75, 3.05) is 0 Å². The van der Waals surface area contributed by atoms with Crippen molar-refractivity contribution in [3.8, 4) is 67.8 Å². The number of ether oxygens (including phenoxy) is 1. The van der Waals surface area contributed by atoms with Gasteiger partial charge in [0.15, 0.2) is 5.82 Å². The highest BCUT2D eigenvalue weighted by atomic mass is 16.5. The lowest BCUT2D eigenvalue weighted by Gasteiger charge is -2.40. The molecular weight excluding hydrogens is 707 g/mol. The number of nitrogens with zero attached hydrogens (tertiary/aromatic N) is 3. The van der Waals surface area contributed by atoms with Gasteiger partial charge >= 0.3 is 0 Å². The highest BCUT2D eigenvalue weighted by Gasteiger charge is 2.51. The molecule has 0 saturated heterocycles. The van der Waals surface area contributed by atoms with Gasteiger partial charge in [0.2, 0.25) is 0 Å². The van der Waals surface area contributed by atoms with Gasteiger partial charge in [-0.3, -0.25) is 0 Å². The molecule has 12 rings (SSSR count). The lowest BCUT2D eigenvalue weighted by molar-refractivity contribution is 0.442. The molecule has 0 fully saturated rings. The van der Waals surface area contributed by atoms with Crippen LogP contribution in [0.1, 0.15) is 22.3 Å². The Kier molecular flexibility index (Phi) is 7.11. The standard InChI is InChI=1S/C54H33N3O/c1-3-15-34(16-4-1)47-33-48(57-53(56-47)37-17-5-2-6-18-37)35-27-29-36(30-28-35)51-41-31-32-45-52(50(41)40-21-9-13-25-46(40)55-51)58-49-26-14-12-24-44(49)54(45)42-22-10-7-19-38(42)39-20-8-11-23-43(39)54/h1-33H. The predicted molar refractivity (Wildman–Crippen MR) is 234 cm³/mol. The van der Waals surface area contributed by atoms with Crippen molar-refractivity contribution in [2.45, 2.75) is 5.41 Å². The van der Waals surface area contributed by atoms with E-state index in [0.29, 0.717) is 5.82 Å². The molecule has 270 valence electrons. The van der Waals surface area contributed by atoms with Gasteiger partial charge in [0.05, 0.1) is 28.0 Å². The van der Waals surface area contributed by atoms with E-state index >= 15 is 0 Å². The van der Waals surface area contributed by atoms with Gasteiger partial charge in [-0.1, -0.05) is 182 Å². The second-order valence-corrected chi connectivity index (χ2v) is 15.1. The molecule has 8 aromatic carbocycles. The van der Waals surface area contributed by atoms with Crippen LogP contribution in [0.15, 0.2) is 200 Å². The molecule has 2 aromatic heterocycles. The maximum Gasteiger partial charge on any atom is 0.160 e. The molecule has 4 nitrogen and oxygen atoms in total. The van der Waals surface area contributed by atoms with Crippen LogP contribution < -0.4 is 4.74 Å². The number of hydrogen-bond donors (Lipinski definition) is 0. The lowest BCUT2D eigenvalue weighted by Crippen LogP contribution is -2.32. The number of para-hydroxylation sites is 2. The van der Waals surface area contributed by atoms with E-state index in [0.717, 1.165) is 83.6 Å². The molecule has 10 aromatic rings. The summed E-state index contributed by atoms with van der Waals surface area (Å²) in [5, 5.41) is 3.17. The van der Waals surface area contributed by atoms with Crippen LogP contribution in [-0.2, 0) is 5.41 Å². The fourth-order valence-corrected chi connectivity index (χ4v) is 9.43. The molecule has 0 amide bonds. The first kappa shape index (κ1) is 32.5. The van der Waals surface area contributed by atoms with Gasteiger partial charge in [0.25, 0.3) is 0 Å². The van der Waals surface area contributed by atoms with E-state index in [-0.39, 0.29) is 0 Å². The largest absolute Gasteiger partial charge is 0.456 e. The van der Waals surface area contributed by atoms with Crippen molar-refractivity contribution in [3.05, 3.63) is 222 Å². The van der Waals surface area contributed by atoms with Gasteiger partial charge in [-0.2, -0.15) is 0 Å². The Morgan fingerprint density at radius 2 is 0.931 bits per heavy atom. The van der Waals surface area contributed by atoms with Gasteiger partial charge in [-0.05, 0) is 40.5 Å². The quantitative estimate of drug-likeness (QED) is 0.169. The van der Waals surface area contributed by atoms with Crippen LogP contribution in [0.25, 0.3) is 78.0 Å². The molecule has 0 radical (unpaired) electrons. The second kappa shape index (κ2) is 12.7. The van der Waals surface area contributed by atoms with Gasteiger partial charge in [-0.25, -0.2) is 15.0 Å². The van der Waals surface area contributed by atoms with E-state index in [1.54, 1.807) is 0 Å². The Balaban J connectivity index is 1.06. The van der Waals surface area contributed by atoms with Crippen LogP contribution in [0.4, 0.5) is 0 Å². The number of aromatic nitrogens is 3. The Labute approximate surface area is 335 Å². The van der Waals surface area contributed by atoms with Crippen molar-refractivity contribution in [1.82, 2.24) is 15.0 Å². The first-order valence-electron chi connectivity index (χ1n) is 19.7. The maximum atomic E-state index is 7.14. The fraction of sp³-hybridized carbons (Fsp3) is 0.0185. The van der Waals surface area contributed by atoms with E-state index in [1.807, 2.05) is 36.4 Å². The van der Waals surface area contributed by atoms with Gasteiger partial charge in [0, 0.05) is 49.5 Å². The van der Waals surface area contributed by atoms with Crippen LogP contribution in [0.3, 0.4) is 0 Å². The topological polar surface area (TPSA) is 47.9 Å². The molecule has 1 spiro atoms. The third kappa shape index (κ3) is 4.72. The average molecular weight is 740 g/mol. The molecule has 0 bridgehead atoms. The van der Waals surface area contributed by atoms with Crippen LogP contribution >= 0.6 is 0 Å². The number of hydrogen-bond acceptors (Lipinski definition) is 4. The number of pyridine rings is 1. The monoisotopic (exact) mass is 739 g/mol. The molecular formula is C54H33N3O. The predicted octanol–water partition coefficient (Wildman–Crippen LogP) is 13.3. The molecule has 58 heavy (non-hydrogen) atoms. The molecule has 0 unspecified atom stereocenters. The van der Waals surface area contributed by atoms with Crippen LogP contribution in [0.2, 0.25) is 0 Å². The van der Waals surface area contributed by atoms with E-state index in [1.165, 1.54) is 22.3 Å². The van der Waals surface area contributed by atoms with E-state index in [2.05, 4.69) is 164 Å². The van der Waals surface area contributed by atoms with E-state index in [9.17, 15) is 0 Å².